The molecule has 1 N–H and O–H groups in total. The van der Waals surface area contributed by atoms with Crippen LogP contribution in [-0.4, -0.2) is 24.5 Å². The summed E-state index contributed by atoms with van der Waals surface area (Å²) in [5.74, 6) is -0.274. The summed E-state index contributed by atoms with van der Waals surface area (Å²) in [6.07, 6.45) is 0.0589. The van der Waals surface area contributed by atoms with Crippen molar-refractivity contribution in [3.05, 3.63) is 54.3 Å². The lowest BCUT2D eigenvalue weighted by Crippen LogP contribution is -2.34. The van der Waals surface area contributed by atoms with Crippen molar-refractivity contribution in [2.24, 2.45) is 0 Å². The first-order valence-electron chi connectivity index (χ1n) is 7.70. The number of hydrogen-bond acceptors (Lipinski definition) is 4. The summed E-state index contributed by atoms with van der Waals surface area (Å²) in [6, 6.07) is 11.8. The molecule has 1 fully saturated rings. The zero-order chi connectivity index (χ0) is 17.1. The maximum absolute atomic E-state index is 12.9. The maximum atomic E-state index is 12.9. The lowest BCUT2D eigenvalue weighted by Gasteiger charge is -2.16. The van der Waals surface area contributed by atoms with Gasteiger partial charge in [-0.3, -0.25) is 9.59 Å². The van der Waals surface area contributed by atoms with Crippen molar-refractivity contribution in [2.45, 2.75) is 19.4 Å². The molecule has 24 heavy (non-hydrogen) atoms. The number of amides is 2. The van der Waals surface area contributed by atoms with Crippen LogP contribution in [-0.2, 0) is 9.59 Å². The molecule has 1 heterocycles. The fourth-order valence-electron chi connectivity index (χ4n) is 2.62. The lowest BCUT2D eigenvalue weighted by atomic mass is 10.2. The van der Waals surface area contributed by atoms with Crippen LogP contribution >= 0.6 is 0 Å². The fourth-order valence-corrected chi connectivity index (χ4v) is 2.62. The first-order chi connectivity index (χ1) is 11.6. The van der Waals surface area contributed by atoms with Gasteiger partial charge in [0.05, 0.1) is 18.7 Å². The van der Waals surface area contributed by atoms with Crippen molar-refractivity contribution in [3.8, 4) is 5.75 Å². The van der Waals surface area contributed by atoms with Crippen molar-refractivity contribution in [3.63, 3.8) is 0 Å². The van der Waals surface area contributed by atoms with Crippen LogP contribution < -0.4 is 15.0 Å². The number of ether oxygens (including phenoxy) is 1. The highest BCUT2D eigenvalue weighted by Crippen LogP contribution is 2.26. The summed E-state index contributed by atoms with van der Waals surface area (Å²) in [6.45, 7) is 2.43. The van der Waals surface area contributed by atoms with Crippen LogP contribution in [0.1, 0.15) is 13.3 Å². The van der Waals surface area contributed by atoms with E-state index in [9.17, 15) is 14.0 Å². The van der Waals surface area contributed by atoms with Crippen molar-refractivity contribution in [1.29, 1.82) is 0 Å². The standard InChI is InChI=1S/C18H17FN2O3/c1-2-24-15-9-7-14(8-10-15)21-17(22)11-16(18(21)23)20-13-5-3-12(19)4-6-13/h3-10,16,20H,2,11H2,1H3/t16-/m1/s1. The summed E-state index contributed by atoms with van der Waals surface area (Å²) in [5.41, 5.74) is 1.10. The Morgan fingerprint density at radius 2 is 1.79 bits per heavy atom. The second-order valence-electron chi connectivity index (χ2n) is 5.40. The molecule has 2 aromatic carbocycles. The number of carbonyl (C=O) groups is 2. The van der Waals surface area contributed by atoms with Crippen molar-refractivity contribution >= 4 is 23.2 Å². The number of nitrogens with one attached hydrogen (secondary N) is 1. The molecule has 124 valence electrons. The number of carbonyl (C=O) groups excluding carboxylic acids is 2. The Labute approximate surface area is 139 Å². The summed E-state index contributed by atoms with van der Waals surface area (Å²) >= 11 is 0. The molecule has 1 aliphatic heterocycles. The Kier molecular flexibility index (Phi) is 4.46. The highest BCUT2D eigenvalue weighted by molar-refractivity contribution is 6.23. The smallest absolute Gasteiger partial charge is 0.256 e. The highest BCUT2D eigenvalue weighted by atomic mass is 19.1. The van der Waals surface area contributed by atoms with Gasteiger partial charge in [-0.25, -0.2) is 9.29 Å². The Balaban J connectivity index is 1.74. The second-order valence-corrected chi connectivity index (χ2v) is 5.40. The van der Waals surface area contributed by atoms with E-state index in [0.717, 1.165) is 4.90 Å². The van der Waals surface area contributed by atoms with Crippen LogP contribution in [0.25, 0.3) is 0 Å². The molecule has 6 heteroatoms. The Hall–Kier alpha value is -2.89. The number of halogens is 1. The predicted octanol–water partition coefficient (Wildman–Crippen LogP) is 2.97. The molecule has 0 spiro atoms. The van der Waals surface area contributed by atoms with Gasteiger partial charge in [0.25, 0.3) is 5.91 Å². The van der Waals surface area contributed by atoms with Crippen molar-refractivity contribution in [2.75, 3.05) is 16.8 Å². The van der Waals surface area contributed by atoms with E-state index in [-0.39, 0.29) is 24.1 Å². The molecule has 0 unspecified atom stereocenters. The molecule has 0 aliphatic carbocycles. The topological polar surface area (TPSA) is 58.6 Å². The first-order valence-corrected chi connectivity index (χ1v) is 7.70. The van der Waals surface area contributed by atoms with E-state index in [1.807, 2.05) is 6.92 Å². The van der Waals surface area contributed by atoms with Gasteiger partial charge in [0.1, 0.15) is 17.6 Å². The van der Waals surface area contributed by atoms with Crippen LogP contribution in [0.2, 0.25) is 0 Å². The minimum absolute atomic E-state index is 0.0589. The van der Waals surface area contributed by atoms with Gasteiger partial charge in [0, 0.05) is 5.69 Å². The van der Waals surface area contributed by atoms with E-state index < -0.39 is 6.04 Å². The average Bonchev–Trinajstić information content (AvgIpc) is 2.85. The van der Waals surface area contributed by atoms with E-state index in [1.54, 1.807) is 24.3 Å². The molecule has 0 aromatic heterocycles. The molecule has 1 aliphatic rings. The first kappa shape index (κ1) is 16.0. The Morgan fingerprint density at radius 1 is 1.12 bits per heavy atom. The van der Waals surface area contributed by atoms with E-state index in [4.69, 9.17) is 4.74 Å². The van der Waals surface area contributed by atoms with E-state index in [1.165, 1.54) is 24.3 Å². The van der Waals surface area contributed by atoms with Crippen LogP contribution in [0.5, 0.6) is 5.75 Å². The lowest BCUT2D eigenvalue weighted by molar-refractivity contribution is -0.121. The molecule has 2 amide bonds. The van der Waals surface area contributed by atoms with Gasteiger partial charge in [-0.15, -0.1) is 0 Å². The molecule has 0 saturated carbocycles. The number of benzene rings is 2. The van der Waals surface area contributed by atoms with Gasteiger partial charge in [-0.1, -0.05) is 0 Å². The molecule has 3 rings (SSSR count). The summed E-state index contributed by atoms with van der Waals surface area (Å²) in [5, 5.41) is 2.98. The Bertz CT molecular complexity index is 744. The molecule has 5 nitrogen and oxygen atoms in total. The third-order valence-corrected chi connectivity index (χ3v) is 3.74. The third-order valence-electron chi connectivity index (χ3n) is 3.74. The van der Waals surface area contributed by atoms with Gasteiger partial charge < -0.3 is 10.1 Å². The summed E-state index contributed by atoms with van der Waals surface area (Å²) < 4.78 is 18.3. The second kappa shape index (κ2) is 6.70. The predicted molar refractivity (Wildman–Crippen MR) is 88.5 cm³/mol. The van der Waals surface area contributed by atoms with Gasteiger partial charge in [-0.05, 0) is 55.5 Å². The van der Waals surface area contributed by atoms with Crippen LogP contribution in [0.15, 0.2) is 48.5 Å². The Morgan fingerprint density at radius 3 is 2.42 bits per heavy atom. The highest BCUT2D eigenvalue weighted by Gasteiger charge is 2.39. The van der Waals surface area contributed by atoms with E-state index in [0.29, 0.717) is 23.7 Å². The minimum atomic E-state index is -0.658. The molecular formula is C18H17FN2O3. The average molecular weight is 328 g/mol. The van der Waals surface area contributed by atoms with Crippen molar-refractivity contribution < 1.29 is 18.7 Å². The number of rotatable bonds is 5. The summed E-state index contributed by atoms with van der Waals surface area (Å²) in [4.78, 5) is 25.9. The van der Waals surface area contributed by atoms with E-state index >= 15 is 0 Å². The van der Waals surface area contributed by atoms with Crippen molar-refractivity contribution in [1.82, 2.24) is 0 Å². The SMILES string of the molecule is CCOc1ccc(N2C(=O)C[C@@H](Nc3ccc(F)cc3)C2=O)cc1. The number of nitrogens with zero attached hydrogens (tertiary/aromatic N) is 1. The number of imide groups is 1. The molecule has 0 radical (unpaired) electrons. The third kappa shape index (κ3) is 3.22. The molecular weight excluding hydrogens is 311 g/mol. The fraction of sp³-hybridized carbons (Fsp3) is 0.222. The zero-order valence-corrected chi connectivity index (χ0v) is 13.2. The molecule has 1 saturated heterocycles. The van der Waals surface area contributed by atoms with Crippen LogP contribution in [0.4, 0.5) is 15.8 Å². The van der Waals surface area contributed by atoms with Gasteiger partial charge in [-0.2, -0.15) is 0 Å². The van der Waals surface area contributed by atoms with Crippen LogP contribution in [0, 0.1) is 5.82 Å². The molecule has 2 aromatic rings. The van der Waals surface area contributed by atoms with Crippen LogP contribution in [0.3, 0.4) is 0 Å². The normalized spacial score (nSPS) is 17.2. The zero-order valence-electron chi connectivity index (χ0n) is 13.2. The minimum Gasteiger partial charge on any atom is -0.494 e. The molecule has 1 atom stereocenters. The van der Waals surface area contributed by atoms with Gasteiger partial charge in [0.2, 0.25) is 5.91 Å². The van der Waals surface area contributed by atoms with Gasteiger partial charge >= 0.3 is 0 Å². The molecule has 0 bridgehead atoms. The van der Waals surface area contributed by atoms with E-state index in [2.05, 4.69) is 5.32 Å². The maximum Gasteiger partial charge on any atom is 0.256 e. The quantitative estimate of drug-likeness (QED) is 0.857. The monoisotopic (exact) mass is 328 g/mol. The number of anilines is 2. The summed E-state index contributed by atoms with van der Waals surface area (Å²) in [7, 11) is 0. The largest absolute Gasteiger partial charge is 0.494 e. The number of hydrogen-bond donors (Lipinski definition) is 1. The van der Waals surface area contributed by atoms with Gasteiger partial charge in [0.15, 0.2) is 0 Å².